The van der Waals surface area contributed by atoms with Crippen LogP contribution in [0.3, 0.4) is 0 Å². The topological polar surface area (TPSA) is 54.6 Å². The van der Waals surface area contributed by atoms with Crippen molar-refractivity contribution in [1.29, 1.82) is 0 Å². The molecule has 0 aliphatic heterocycles. The average molecular weight is 373 g/mol. The SMILES string of the molecule is COc1ccc(CNCc2ccc(-c3ccc(C(C)O)cc3)o2)cc1.[Cl-]. The maximum atomic E-state index is 9.57. The minimum atomic E-state index is -0.455. The van der Waals surface area contributed by atoms with Crippen LogP contribution in [0.1, 0.15) is 29.9 Å². The molecule has 1 unspecified atom stereocenters. The van der Waals surface area contributed by atoms with Crippen LogP contribution >= 0.6 is 0 Å². The fourth-order valence-electron chi connectivity index (χ4n) is 2.63. The van der Waals surface area contributed by atoms with E-state index in [4.69, 9.17) is 9.15 Å². The summed E-state index contributed by atoms with van der Waals surface area (Å²) in [5, 5.41) is 12.9. The molecule has 0 fully saturated rings. The molecule has 2 N–H and O–H groups in total. The van der Waals surface area contributed by atoms with Gasteiger partial charge in [0.1, 0.15) is 17.3 Å². The standard InChI is InChI=1S/C21H23NO3.ClH/c1-15(23)17-5-7-18(8-6-17)21-12-11-20(25-21)14-22-13-16-3-9-19(24-2)10-4-16;/h3-12,15,22-23H,13-14H2,1-2H3;1H/p-1. The summed E-state index contributed by atoms with van der Waals surface area (Å²) in [7, 11) is 1.67. The van der Waals surface area contributed by atoms with Crippen LogP contribution in [0.2, 0.25) is 0 Å². The second-order valence-corrected chi connectivity index (χ2v) is 6.02. The zero-order valence-electron chi connectivity index (χ0n) is 14.9. The molecule has 3 rings (SSSR count). The zero-order valence-corrected chi connectivity index (χ0v) is 15.7. The van der Waals surface area contributed by atoms with E-state index in [2.05, 4.69) is 5.32 Å². The van der Waals surface area contributed by atoms with Crippen molar-refractivity contribution in [2.75, 3.05) is 7.11 Å². The minimum absolute atomic E-state index is 0. The number of nitrogens with one attached hydrogen (secondary N) is 1. The molecular weight excluding hydrogens is 350 g/mol. The molecule has 26 heavy (non-hydrogen) atoms. The third-order valence-electron chi connectivity index (χ3n) is 4.13. The van der Waals surface area contributed by atoms with E-state index >= 15 is 0 Å². The molecule has 3 aromatic rings. The molecule has 0 amide bonds. The Balaban J connectivity index is 0.00000243. The second-order valence-electron chi connectivity index (χ2n) is 6.02. The molecule has 0 radical (unpaired) electrons. The Morgan fingerprint density at radius 1 is 0.962 bits per heavy atom. The van der Waals surface area contributed by atoms with Crippen molar-refractivity contribution in [3.63, 3.8) is 0 Å². The Labute approximate surface area is 160 Å². The molecular formula is C21H23ClNO3-. The number of halogens is 1. The number of aliphatic hydroxyl groups is 1. The highest BCUT2D eigenvalue weighted by atomic mass is 35.5. The van der Waals surface area contributed by atoms with Gasteiger partial charge in [-0.25, -0.2) is 0 Å². The van der Waals surface area contributed by atoms with E-state index in [-0.39, 0.29) is 12.4 Å². The lowest BCUT2D eigenvalue weighted by atomic mass is 10.1. The zero-order chi connectivity index (χ0) is 17.6. The van der Waals surface area contributed by atoms with Crippen LogP contribution in [0.5, 0.6) is 5.75 Å². The van der Waals surface area contributed by atoms with E-state index in [0.29, 0.717) is 6.54 Å². The van der Waals surface area contributed by atoms with E-state index < -0.39 is 6.10 Å². The Morgan fingerprint density at radius 3 is 2.27 bits per heavy atom. The monoisotopic (exact) mass is 372 g/mol. The van der Waals surface area contributed by atoms with Crippen LogP contribution in [0, 0.1) is 0 Å². The van der Waals surface area contributed by atoms with Crippen molar-refractivity contribution < 1.29 is 26.7 Å². The molecule has 2 aromatic carbocycles. The Morgan fingerprint density at radius 2 is 1.65 bits per heavy atom. The van der Waals surface area contributed by atoms with Gasteiger partial charge in [-0.15, -0.1) is 0 Å². The van der Waals surface area contributed by atoms with Gasteiger partial charge in [-0.2, -0.15) is 0 Å². The largest absolute Gasteiger partial charge is 1.00 e. The summed E-state index contributed by atoms with van der Waals surface area (Å²) in [5.41, 5.74) is 3.10. The van der Waals surface area contributed by atoms with E-state index in [1.165, 1.54) is 5.56 Å². The number of methoxy groups -OCH3 is 1. The van der Waals surface area contributed by atoms with Crippen molar-refractivity contribution in [2.45, 2.75) is 26.1 Å². The minimum Gasteiger partial charge on any atom is -1.00 e. The molecule has 0 bridgehead atoms. The van der Waals surface area contributed by atoms with Crippen molar-refractivity contribution >= 4 is 0 Å². The molecule has 0 saturated heterocycles. The normalized spacial score (nSPS) is 11.7. The third kappa shape index (κ3) is 5.11. The van der Waals surface area contributed by atoms with Gasteiger partial charge in [0.15, 0.2) is 0 Å². The highest BCUT2D eigenvalue weighted by Gasteiger charge is 2.06. The Kier molecular flexibility index (Phi) is 7.27. The van der Waals surface area contributed by atoms with Crippen LogP contribution in [-0.4, -0.2) is 12.2 Å². The highest BCUT2D eigenvalue weighted by Crippen LogP contribution is 2.24. The molecule has 1 aromatic heterocycles. The van der Waals surface area contributed by atoms with Crippen LogP contribution in [0.15, 0.2) is 65.1 Å². The molecule has 1 heterocycles. The maximum absolute atomic E-state index is 9.57. The molecule has 0 aliphatic carbocycles. The van der Waals surface area contributed by atoms with Crippen molar-refractivity contribution in [3.05, 3.63) is 77.6 Å². The molecule has 0 spiro atoms. The fourth-order valence-corrected chi connectivity index (χ4v) is 2.63. The van der Waals surface area contributed by atoms with Gasteiger partial charge in [-0.05, 0) is 42.3 Å². The molecule has 4 nitrogen and oxygen atoms in total. The lowest BCUT2D eigenvalue weighted by Gasteiger charge is -2.05. The molecule has 138 valence electrons. The van der Waals surface area contributed by atoms with Gasteiger partial charge in [0.05, 0.1) is 19.8 Å². The summed E-state index contributed by atoms with van der Waals surface area (Å²) in [5.74, 6) is 2.59. The second kappa shape index (κ2) is 9.43. The summed E-state index contributed by atoms with van der Waals surface area (Å²) in [6.07, 6.45) is -0.455. The predicted molar refractivity (Wildman–Crippen MR) is 98.3 cm³/mol. The van der Waals surface area contributed by atoms with E-state index in [1.807, 2.05) is 60.7 Å². The molecule has 0 aliphatic rings. The number of hydrogen-bond donors (Lipinski definition) is 2. The number of aliphatic hydroxyl groups excluding tert-OH is 1. The van der Waals surface area contributed by atoms with E-state index in [0.717, 1.165) is 34.9 Å². The van der Waals surface area contributed by atoms with Crippen LogP contribution in [0.4, 0.5) is 0 Å². The molecule has 1 atom stereocenters. The van der Waals surface area contributed by atoms with Crippen molar-refractivity contribution in [3.8, 4) is 17.1 Å². The van der Waals surface area contributed by atoms with Gasteiger partial charge in [-0.3, -0.25) is 0 Å². The van der Waals surface area contributed by atoms with E-state index in [9.17, 15) is 5.11 Å². The number of rotatable bonds is 7. The summed E-state index contributed by atoms with van der Waals surface area (Å²) in [4.78, 5) is 0. The van der Waals surface area contributed by atoms with Crippen LogP contribution in [0.25, 0.3) is 11.3 Å². The van der Waals surface area contributed by atoms with Gasteiger partial charge < -0.3 is 32.0 Å². The highest BCUT2D eigenvalue weighted by molar-refractivity contribution is 5.58. The van der Waals surface area contributed by atoms with Crippen LogP contribution in [-0.2, 0) is 13.1 Å². The summed E-state index contributed by atoms with van der Waals surface area (Å²) >= 11 is 0. The summed E-state index contributed by atoms with van der Waals surface area (Å²) < 4.78 is 11.1. The summed E-state index contributed by atoms with van der Waals surface area (Å²) in [6.45, 7) is 3.19. The number of hydrogen-bond acceptors (Lipinski definition) is 4. The number of furan rings is 1. The first-order chi connectivity index (χ1) is 12.2. The Bertz CT molecular complexity index is 795. The molecule has 5 heteroatoms. The van der Waals surface area contributed by atoms with Gasteiger partial charge in [-0.1, -0.05) is 36.4 Å². The number of benzene rings is 2. The van der Waals surface area contributed by atoms with Gasteiger partial charge in [0.25, 0.3) is 0 Å². The molecule has 0 saturated carbocycles. The maximum Gasteiger partial charge on any atom is 0.134 e. The van der Waals surface area contributed by atoms with Gasteiger partial charge in [0.2, 0.25) is 0 Å². The number of ether oxygens (including phenoxy) is 1. The van der Waals surface area contributed by atoms with Crippen molar-refractivity contribution in [2.24, 2.45) is 0 Å². The summed E-state index contributed by atoms with van der Waals surface area (Å²) in [6, 6.07) is 19.7. The quantitative estimate of drug-likeness (QED) is 0.656. The van der Waals surface area contributed by atoms with Crippen molar-refractivity contribution in [1.82, 2.24) is 5.32 Å². The van der Waals surface area contributed by atoms with Crippen LogP contribution < -0.4 is 22.5 Å². The fraction of sp³-hybridized carbons (Fsp3) is 0.238. The van der Waals surface area contributed by atoms with E-state index in [1.54, 1.807) is 14.0 Å². The lowest BCUT2D eigenvalue weighted by Crippen LogP contribution is -3.00. The van der Waals surface area contributed by atoms with Gasteiger partial charge >= 0.3 is 0 Å². The third-order valence-corrected chi connectivity index (χ3v) is 4.13. The Hall–Kier alpha value is -2.27. The first-order valence-corrected chi connectivity index (χ1v) is 8.36. The van der Waals surface area contributed by atoms with Gasteiger partial charge in [0, 0.05) is 12.1 Å². The lowest BCUT2D eigenvalue weighted by molar-refractivity contribution is -0.00000789. The predicted octanol–water partition coefficient (Wildman–Crippen LogP) is 1.30. The first-order valence-electron chi connectivity index (χ1n) is 8.36. The first kappa shape index (κ1) is 20.0. The average Bonchev–Trinajstić information content (AvgIpc) is 3.11. The smallest absolute Gasteiger partial charge is 0.134 e.